The van der Waals surface area contributed by atoms with E-state index in [2.05, 4.69) is 10.2 Å². The Morgan fingerprint density at radius 2 is 2.29 bits per heavy atom. The van der Waals surface area contributed by atoms with Crippen LogP contribution in [0.2, 0.25) is 5.02 Å². The molecule has 0 amide bonds. The van der Waals surface area contributed by atoms with Gasteiger partial charge in [0.2, 0.25) is 0 Å². The van der Waals surface area contributed by atoms with Gasteiger partial charge in [0.1, 0.15) is 5.82 Å². The molecule has 2 aromatic heterocycles. The Morgan fingerprint density at radius 1 is 1.43 bits per heavy atom. The second-order valence-electron chi connectivity index (χ2n) is 3.81. The third-order valence-corrected chi connectivity index (χ3v) is 2.92. The fraction of sp³-hybridized carbons (Fsp3) is 0.400. The van der Waals surface area contributed by atoms with Crippen LogP contribution in [-0.4, -0.2) is 14.6 Å². The molecular weight excluding hydrogens is 198 g/mol. The first-order valence-corrected chi connectivity index (χ1v) is 5.20. The summed E-state index contributed by atoms with van der Waals surface area (Å²) in [6.45, 7) is 0. The Balaban J connectivity index is 2.10. The number of fused-ring (bicyclic) bond motifs is 1. The van der Waals surface area contributed by atoms with Gasteiger partial charge in [0.05, 0.1) is 5.02 Å². The van der Waals surface area contributed by atoms with Gasteiger partial charge >= 0.3 is 0 Å². The van der Waals surface area contributed by atoms with E-state index in [1.807, 2.05) is 22.7 Å². The van der Waals surface area contributed by atoms with Gasteiger partial charge in [0, 0.05) is 12.6 Å². The molecule has 0 unspecified atom stereocenters. The van der Waals surface area contributed by atoms with Crippen molar-refractivity contribution in [2.45, 2.75) is 19.3 Å². The van der Waals surface area contributed by atoms with Crippen molar-refractivity contribution >= 4 is 17.2 Å². The molecule has 1 saturated carbocycles. The number of nitrogens with zero attached hydrogens (tertiary/aromatic N) is 3. The number of pyridine rings is 1. The summed E-state index contributed by atoms with van der Waals surface area (Å²) in [6.07, 6.45) is 5.66. The highest BCUT2D eigenvalue weighted by Gasteiger charge is 2.24. The normalized spacial score (nSPS) is 16.4. The van der Waals surface area contributed by atoms with Crippen LogP contribution >= 0.6 is 11.6 Å². The molecule has 2 aromatic rings. The van der Waals surface area contributed by atoms with Gasteiger partial charge < -0.3 is 0 Å². The minimum Gasteiger partial charge on any atom is -0.285 e. The van der Waals surface area contributed by atoms with Crippen LogP contribution in [0.1, 0.15) is 18.7 Å². The maximum Gasteiger partial charge on any atom is 0.179 e. The van der Waals surface area contributed by atoms with E-state index in [0.717, 1.165) is 23.8 Å². The van der Waals surface area contributed by atoms with Crippen molar-refractivity contribution in [1.29, 1.82) is 0 Å². The quantitative estimate of drug-likeness (QED) is 0.757. The third kappa shape index (κ3) is 1.28. The molecule has 0 bridgehead atoms. The van der Waals surface area contributed by atoms with Gasteiger partial charge in [-0.15, -0.1) is 10.2 Å². The van der Waals surface area contributed by atoms with Crippen LogP contribution in [0.25, 0.3) is 5.65 Å². The number of halogens is 1. The van der Waals surface area contributed by atoms with E-state index in [1.54, 1.807) is 0 Å². The van der Waals surface area contributed by atoms with Crippen LogP contribution in [0, 0.1) is 5.92 Å². The summed E-state index contributed by atoms with van der Waals surface area (Å²) in [5.74, 6) is 1.85. The first-order chi connectivity index (χ1) is 6.84. The molecule has 0 N–H and O–H groups in total. The second kappa shape index (κ2) is 2.95. The molecule has 3 nitrogen and oxygen atoms in total. The Labute approximate surface area is 86.7 Å². The fourth-order valence-electron chi connectivity index (χ4n) is 1.65. The van der Waals surface area contributed by atoms with Crippen LogP contribution in [0.5, 0.6) is 0 Å². The zero-order valence-electron chi connectivity index (χ0n) is 7.65. The van der Waals surface area contributed by atoms with Crippen molar-refractivity contribution in [1.82, 2.24) is 14.6 Å². The van der Waals surface area contributed by atoms with E-state index < -0.39 is 0 Å². The van der Waals surface area contributed by atoms with E-state index in [9.17, 15) is 0 Å². The molecular formula is C10H10ClN3. The molecule has 0 aliphatic heterocycles. The first kappa shape index (κ1) is 8.24. The van der Waals surface area contributed by atoms with E-state index >= 15 is 0 Å². The summed E-state index contributed by atoms with van der Waals surface area (Å²) in [6, 6.07) is 3.77. The lowest BCUT2D eigenvalue weighted by Crippen LogP contribution is -1.95. The minimum atomic E-state index is 0.669. The third-order valence-electron chi connectivity index (χ3n) is 2.63. The van der Waals surface area contributed by atoms with Gasteiger partial charge in [-0.3, -0.25) is 4.40 Å². The Bertz CT molecular complexity index is 473. The molecule has 3 rings (SSSR count). The lowest BCUT2D eigenvalue weighted by molar-refractivity contribution is 0.758. The molecule has 14 heavy (non-hydrogen) atoms. The van der Waals surface area contributed by atoms with Crippen molar-refractivity contribution in [3.05, 3.63) is 29.2 Å². The number of aromatic nitrogens is 3. The van der Waals surface area contributed by atoms with Gasteiger partial charge in [-0.1, -0.05) is 11.6 Å². The predicted octanol–water partition coefficient (Wildman–Crippen LogP) is 2.34. The van der Waals surface area contributed by atoms with Gasteiger partial charge in [-0.2, -0.15) is 0 Å². The lowest BCUT2D eigenvalue weighted by Gasteiger charge is -1.98. The van der Waals surface area contributed by atoms with E-state index in [1.165, 1.54) is 12.8 Å². The van der Waals surface area contributed by atoms with Crippen molar-refractivity contribution in [2.75, 3.05) is 0 Å². The van der Waals surface area contributed by atoms with Gasteiger partial charge in [0.25, 0.3) is 0 Å². The Hall–Kier alpha value is -1.09. The van der Waals surface area contributed by atoms with Crippen LogP contribution in [0.3, 0.4) is 0 Å². The summed E-state index contributed by atoms with van der Waals surface area (Å²) < 4.78 is 1.99. The molecule has 0 aromatic carbocycles. The summed E-state index contributed by atoms with van der Waals surface area (Å²) in [5, 5.41) is 8.91. The highest BCUT2D eigenvalue weighted by molar-refractivity contribution is 6.33. The van der Waals surface area contributed by atoms with E-state index in [0.29, 0.717) is 5.02 Å². The van der Waals surface area contributed by atoms with Crippen molar-refractivity contribution < 1.29 is 0 Å². The molecule has 4 heteroatoms. The highest BCUT2D eigenvalue weighted by atomic mass is 35.5. The average molecular weight is 208 g/mol. The van der Waals surface area contributed by atoms with Crippen molar-refractivity contribution in [2.24, 2.45) is 5.92 Å². The summed E-state index contributed by atoms with van der Waals surface area (Å²) >= 11 is 6.00. The Kier molecular flexibility index (Phi) is 1.74. The maximum absolute atomic E-state index is 6.00. The SMILES string of the molecule is Clc1cccn2c(CC3CC3)nnc12. The van der Waals surface area contributed by atoms with Gasteiger partial charge in [0.15, 0.2) is 5.65 Å². The minimum absolute atomic E-state index is 0.669. The van der Waals surface area contributed by atoms with Crippen molar-refractivity contribution in [3.63, 3.8) is 0 Å². The molecule has 0 radical (unpaired) electrons. The van der Waals surface area contributed by atoms with Crippen LogP contribution in [0.4, 0.5) is 0 Å². The highest BCUT2D eigenvalue weighted by Crippen LogP contribution is 2.32. The summed E-state index contributed by atoms with van der Waals surface area (Å²) in [5.41, 5.74) is 0.768. The number of rotatable bonds is 2. The first-order valence-electron chi connectivity index (χ1n) is 4.83. The molecule has 0 spiro atoms. The zero-order chi connectivity index (χ0) is 9.54. The predicted molar refractivity (Wildman–Crippen MR) is 54.4 cm³/mol. The number of hydrogen-bond donors (Lipinski definition) is 0. The molecule has 1 fully saturated rings. The van der Waals surface area contributed by atoms with Crippen molar-refractivity contribution in [3.8, 4) is 0 Å². The van der Waals surface area contributed by atoms with E-state index in [4.69, 9.17) is 11.6 Å². The summed E-state index contributed by atoms with van der Waals surface area (Å²) in [4.78, 5) is 0. The molecule has 1 aliphatic carbocycles. The average Bonchev–Trinajstić information content (AvgIpc) is 2.88. The fourth-order valence-corrected chi connectivity index (χ4v) is 1.85. The Morgan fingerprint density at radius 3 is 3.07 bits per heavy atom. The standard InChI is InChI=1S/C10H10ClN3/c11-8-2-1-5-14-9(6-7-3-4-7)12-13-10(8)14/h1-2,5,7H,3-4,6H2. The summed E-state index contributed by atoms with van der Waals surface area (Å²) in [7, 11) is 0. The van der Waals surface area contributed by atoms with Crippen LogP contribution in [0.15, 0.2) is 18.3 Å². The molecule has 0 saturated heterocycles. The van der Waals surface area contributed by atoms with Gasteiger partial charge in [-0.25, -0.2) is 0 Å². The molecule has 1 aliphatic rings. The lowest BCUT2D eigenvalue weighted by atomic mass is 10.3. The van der Waals surface area contributed by atoms with Gasteiger partial charge in [-0.05, 0) is 30.9 Å². The molecule has 0 atom stereocenters. The zero-order valence-corrected chi connectivity index (χ0v) is 8.41. The number of hydrogen-bond acceptors (Lipinski definition) is 2. The maximum atomic E-state index is 6.00. The van der Waals surface area contributed by atoms with E-state index in [-0.39, 0.29) is 0 Å². The molecule has 2 heterocycles. The largest absolute Gasteiger partial charge is 0.285 e. The molecule has 72 valence electrons. The second-order valence-corrected chi connectivity index (χ2v) is 4.22. The van der Waals surface area contributed by atoms with Crippen LogP contribution in [-0.2, 0) is 6.42 Å². The topological polar surface area (TPSA) is 30.2 Å². The van der Waals surface area contributed by atoms with Crippen LogP contribution < -0.4 is 0 Å². The monoisotopic (exact) mass is 207 g/mol. The smallest absolute Gasteiger partial charge is 0.179 e.